The van der Waals surface area contributed by atoms with Crippen LogP contribution in [0.3, 0.4) is 0 Å². The number of benzene rings is 1. The predicted molar refractivity (Wildman–Crippen MR) is 64.9 cm³/mol. The maximum atomic E-state index is 13.7. The maximum absolute atomic E-state index is 13.7. The zero-order valence-corrected chi connectivity index (χ0v) is 10.3. The van der Waals surface area contributed by atoms with Crippen molar-refractivity contribution in [3.63, 3.8) is 0 Å². The Labute approximate surface area is 115 Å². The number of rotatable bonds is 1. The van der Waals surface area contributed by atoms with Crippen molar-refractivity contribution >= 4 is 17.4 Å². The van der Waals surface area contributed by atoms with Crippen LogP contribution in [0.5, 0.6) is 0 Å². The molecular formula is C13H6F3N3O2. The molecule has 2 heterocycles. The summed E-state index contributed by atoms with van der Waals surface area (Å²) in [7, 11) is 0. The Balaban J connectivity index is 2.16. The van der Waals surface area contributed by atoms with Gasteiger partial charge in [0.05, 0.1) is 17.7 Å². The quantitative estimate of drug-likeness (QED) is 0.817. The molecule has 8 heteroatoms. The lowest BCUT2D eigenvalue weighted by atomic mass is 10.1. The number of fused-ring (bicyclic) bond motifs is 1. The largest absolute Gasteiger partial charge is 0.324 e. The standard InChI is InChI=1S/C13H6F3N3O2/c14-5-1-6(15)12(7(16)2-5)8-3-9-13(19-18-8)10(20)4-11(21)17-9/h1-3H,4H2,(H,17,21). The summed E-state index contributed by atoms with van der Waals surface area (Å²) >= 11 is 0. The number of carbonyl (C=O) groups is 2. The number of halogens is 3. The molecule has 1 N–H and O–H groups in total. The van der Waals surface area contributed by atoms with Gasteiger partial charge in [-0.25, -0.2) is 13.2 Å². The van der Waals surface area contributed by atoms with Crippen LogP contribution < -0.4 is 5.32 Å². The number of anilines is 1. The third-order valence-corrected chi connectivity index (χ3v) is 2.92. The van der Waals surface area contributed by atoms with E-state index in [9.17, 15) is 22.8 Å². The molecule has 106 valence electrons. The van der Waals surface area contributed by atoms with E-state index in [1.807, 2.05) is 0 Å². The Morgan fingerprint density at radius 3 is 2.33 bits per heavy atom. The fraction of sp³-hybridized carbons (Fsp3) is 0.0769. The summed E-state index contributed by atoms with van der Waals surface area (Å²) in [4.78, 5) is 22.8. The van der Waals surface area contributed by atoms with Gasteiger partial charge in [-0.1, -0.05) is 0 Å². The highest BCUT2D eigenvalue weighted by molar-refractivity contribution is 6.17. The van der Waals surface area contributed by atoms with E-state index in [-0.39, 0.29) is 23.5 Å². The molecule has 0 aliphatic carbocycles. The minimum Gasteiger partial charge on any atom is -0.324 e. The summed E-state index contributed by atoms with van der Waals surface area (Å²) in [6.45, 7) is 0. The minimum atomic E-state index is -1.16. The lowest BCUT2D eigenvalue weighted by Crippen LogP contribution is -2.25. The van der Waals surface area contributed by atoms with Gasteiger partial charge in [0.15, 0.2) is 11.5 Å². The number of hydrogen-bond acceptors (Lipinski definition) is 4. The summed E-state index contributed by atoms with van der Waals surface area (Å²) in [5.74, 6) is -4.46. The van der Waals surface area contributed by atoms with Crippen LogP contribution in [0.2, 0.25) is 0 Å². The fourth-order valence-corrected chi connectivity index (χ4v) is 2.03. The van der Waals surface area contributed by atoms with Crippen molar-refractivity contribution in [1.82, 2.24) is 10.2 Å². The first kappa shape index (κ1) is 13.2. The molecule has 5 nitrogen and oxygen atoms in total. The highest BCUT2D eigenvalue weighted by Gasteiger charge is 2.26. The Morgan fingerprint density at radius 2 is 1.67 bits per heavy atom. The van der Waals surface area contributed by atoms with E-state index < -0.39 is 34.7 Å². The molecule has 1 aliphatic rings. The highest BCUT2D eigenvalue weighted by atomic mass is 19.1. The second-order valence-corrected chi connectivity index (χ2v) is 4.38. The van der Waals surface area contributed by atoms with Crippen molar-refractivity contribution in [1.29, 1.82) is 0 Å². The average molecular weight is 293 g/mol. The van der Waals surface area contributed by atoms with Gasteiger partial charge in [0, 0.05) is 12.1 Å². The SMILES string of the molecule is O=C1CC(=O)c2nnc(-c3c(F)cc(F)cc3F)cc2N1. The van der Waals surface area contributed by atoms with Gasteiger partial charge in [-0.3, -0.25) is 9.59 Å². The number of nitrogens with one attached hydrogen (secondary N) is 1. The monoisotopic (exact) mass is 293 g/mol. The molecule has 0 saturated carbocycles. The normalized spacial score (nSPS) is 13.9. The molecule has 1 aliphatic heterocycles. The van der Waals surface area contributed by atoms with Crippen molar-refractivity contribution in [2.24, 2.45) is 0 Å². The number of carbonyl (C=O) groups excluding carboxylic acids is 2. The van der Waals surface area contributed by atoms with E-state index in [4.69, 9.17) is 0 Å². The van der Waals surface area contributed by atoms with Gasteiger partial charge in [0.25, 0.3) is 0 Å². The summed E-state index contributed by atoms with van der Waals surface area (Å²) in [5.41, 5.74) is -0.900. The van der Waals surface area contributed by atoms with Crippen LogP contribution in [0.1, 0.15) is 16.9 Å². The van der Waals surface area contributed by atoms with Gasteiger partial charge in [0.1, 0.15) is 23.1 Å². The Bertz CT molecular complexity index is 769. The first-order chi connectivity index (χ1) is 9.95. The number of aromatic nitrogens is 2. The van der Waals surface area contributed by atoms with E-state index >= 15 is 0 Å². The Kier molecular flexibility index (Phi) is 2.93. The van der Waals surface area contributed by atoms with Gasteiger partial charge in [-0.15, -0.1) is 10.2 Å². The van der Waals surface area contributed by atoms with Crippen LogP contribution >= 0.6 is 0 Å². The molecule has 2 aromatic rings. The molecule has 1 amide bonds. The van der Waals surface area contributed by atoms with Crippen LogP contribution in [0, 0.1) is 17.5 Å². The third kappa shape index (κ3) is 2.24. The van der Waals surface area contributed by atoms with E-state index in [0.717, 1.165) is 6.07 Å². The molecule has 0 unspecified atom stereocenters. The smallest absolute Gasteiger partial charge is 0.232 e. The van der Waals surface area contributed by atoms with Gasteiger partial charge in [0.2, 0.25) is 5.91 Å². The summed E-state index contributed by atoms with van der Waals surface area (Å²) < 4.78 is 40.2. The zero-order valence-electron chi connectivity index (χ0n) is 10.3. The Morgan fingerprint density at radius 1 is 1.00 bits per heavy atom. The maximum Gasteiger partial charge on any atom is 0.232 e. The van der Waals surface area contributed by atoms with Crippen LogP contribution in [0.15, 0.2) is 18.2 Å². The molecule has 0 saturated heterocycles. The number of amides is 1. The second kappa shape index (κ2) is 4.65. The van der Waals surface area contributed by atoms with Crippen LogP contribution in [0.25, 0.3) is 11.3 Å². The van der Waals surface area contributed by atoms with Crippen molar-refractivity contribution in [2.75, 3.05) is 5.32 Å². The van der Waals surface area contributed by atoms with E-state index in [0.29, 0.717) is 12.1 Å². The van der Waals surface area contributed by atoms with Crippen molar-refractivity contribution in [2.45, 2.75) is 6.42 Å². The average Bonchev–Trinajstić information content (AvgIpc) is 2.36. The van der Waals surface area contributed by atoms with Crippen LogP contribution in [0.4, 0.5) is 18.9 Å². The number of Topliss-reactive ketones (excluding diaryl/α,β-unsaturated/α-hetero) is 1. The van der Waals surface area contributed by atoms with Crippen LogP contribution in [-0.2, 0) is 4.79 Å². The van der Waals surface area contributed by atoms with Crippen LogP contribution in [-0.4, -0.2) is 21.9 Å². The van der Waals surface area contributed by atoms with Crippen molar-refractivity contribution < 1.29 is 22.8 Å². The molecule has 3 rings (SSSR count). The topological polar surface area (TPSA) is 72.0 Å². The summed E-state index contributed by atoms with van der Waals surface area (Å²) in [5, 5.41) is 9.51. The molecule has 1 aromatic carbocycles. The number of hydrogen-bond donors (Lipinski definition) is 1. The first-order valence-electron chi connectivity index (χ1n) is 5.81. The van der Waals surface area contributed by atoms with Crippen molar-refractivity contribution in [3.05, 3.63) is 41.3 Å². The molecule has 0 spiro atoms. The second-order valence-electron chi connectivity index (χ2n) is 4.38. The van der Waals surface area contributed by atoms with Gasteiger partial charge in [-0.05, 0) is 6.07 Å². The summed E-state index contributed by atoms with van der Waals surface area (Å²) in [6.07, 6.45) is -0.361. The van der Waals surface area contributed by atoms with E-state index in [1.54, 1.807) is 0 Å². The minimum absolute atomic E-state index is 0.0179. The lowest BCUT2D eigenvalue weighted by Gasteiger charge is -2.15. The molecule has 21 heavy (non-hydrogen) atoms. The van der Waals surface area contributed by atoms with E-state index in [2.05, 4.69) is 15.5 Å². The number of nitrogens with zero attached hydrogens (tertiary/aromatic N) is 2. The summed E-state index contributed by atoms with van der Waals surface area (Å²) in [6, 6.07) is 2.13. The first-order valence-corrected chi connectivity index (χ1v) is 5.81. The predicted octanol–water partition coefficient (Wildman–Crippen LogP) is 2.09. The molecule has 0 bridgehead atoms. The fourth-order valence-electron chi connectivity index (χ4n) is 2.03. The van der Waals surface area contributed by atoms with Gasteiger partial charge >= 0.3 is 0 Å². The van der Waals surface area contributed by atoms with Gasteiger partial charge < -0.3 is 5.32 Å². The molecule has 0 radical (unpaired) electrons. The molecule has 0 fully saturated rings. The molecule has 1 aromatic heterocycles. The molecule has 0 atom stereocenters. The zero-order chi connectivity index (χ0) is 15.1. The van der Waals surface area contributed by atoms with E-state index in [1.165, 1.54) is 0 Å². The number of ketones is 1. The molecular weight excluding hydrogens is 287 g/mol. The lowest BCUT2D eigenvalue weighted by molar-refractivity contribution is -0.115. The van der Waals surface area contributed by atoms with Gasteiger partial charge in [-0.2, -0.15) is 0 Å². The Hall–Kier alpha value is -2.77. The third-order valence-electron chi connectivity index (χ3n) is 2.92. The van der Waals surface area contributed by atoms with Crippen molar-refractivity contribution in [3.8, 4) is 11.3 Å². The highest BCUT2D eigenvalue weighted by Crippen LogP contribution is 2.29.